The lowest BCUT2D eigenvalue weighted by Crippen LogP contribution is -2.53. The first kappa shape index (κ1) is 11.0. The van der Waals surface area contributed by atoms with Crippen molar-refractivity contribution in [3.8, 4) is 0 Å². The number of Topliss-reactive ketones (excluding diaryl/α,β-unsaturated/α-hetero) is 1. The molecule has 1 aliphatic carbocycles. The van der Waals surface area contributed by atoms with Crippen LogP contribution in [0.3, 0.4) is 0 Å². The maximum absolute atomic E-state index is 11.7. The van der Waals surface area contributed by atoms with Crippen molar-refractivity contribution in [1.29, 1.82) is 0 Å². The van der Waals surface area contributed by atoms with Gasteiger partial charge in [-0.3, -0.25) is 4.79 Å². The smallest absolute Gasteiger partial charge is 0.206 e. The molecule has 0 aromatic carbocycles. The molecule has 1 N–H and O–H groups in total. The summed E-state index contributed by atoms with van der Waals surface area (Å²) in [6, 6.07) is 0. The summed E-state index contributed by atoms with van der Waals surface area (Å²) in [5.74, 6) is 0.138. The van der Waals surface area contributed by atoms with Crippen LogP contribution in [0.1, 0.15) is 20.8 Å². The third kappa shape index (κ3) is 1.12. The van der Waals surface area contributed by atoms with Gasteiger partial charge in [0, 0.05) is 5.57 Å². The number of carbonyl (C=O) groups excluding carboxylic acids is 1. The van der Waals surface area contributed by atoms with Gasteiger partial charge in [0.1, 0.15) is 5.76 Å². The van der Waals surface area contributed by atoms with E-state index in [1.54, 1.807) is 6.92 Å². The normalized spacial score (nSPS) is 26.6. The monoisotopic (exact) mass is 196 g/mol. The van der Waals surface area contributed by atoms with Gasteiger partial charge in [-0.15, -0.1) is 0 Å². The van der Waals surface area contributed by atoms with Crippen molar-refractivity contribution in [3.63, 3.8) is 0 Å². The van der Waals surface area contributed by atoms with Crippen LogP contribution >= 0.6 is 0 Å². The van der Waals surface area contributed by atoms with Gasteiger partial charge in [0.05, 0.1) is 7.11 Å². The van der Waals surface area contributed by atoms with Crippen LogP contribution in [0.15, 0.2) is 23.5 Å². The largest absolute Gasteiger partial charge is 0.497 e. The van der Waals surface area contributed by atoms with Crippen LogP contribution in [0.2, 0.25) is 0 Å². The average molecular weight is 196 g/mol. The summed E-state index contributed by atoms with van der Waals surface area (Å²) in [5, 5.41) is 10.0. The van der Waals surface area contributed by atoms with Crippen molar-refractivity contribution in [2.24, 2.45) is 5.92 Å². The molecule has 0 saturated heterocycles. The van der Waals surface area contributed by atoms with Gasteiger partial charge in [0.25, 0.3) is 0 Å². The molecular formula is C11H16O3. The summed E-state index contributed by atoms with van der Waals surface area (Å²) >= 11 is 0. The van der Waals surface area contributed by atoms with E-state index in [0.717, 1.165) is 0 Å². The molecule has 0 aromatic rings. The van der Waals surface area contributed by atoms with Crippen LogP contribution in [-0.2, 0) is 9.53 Å². The molecule has 0 spiro atoms. The summed E-state index contributed by atoms with van der Waals surface area (Å²) in [6.45, 7) is 9.01. The van der Waals surface area contributed by atoms with Crippen LogP contribution in [0.5, 0.6) is 0 Å². The molecule has 0 radical (unpaired) electrons. The second-order valence-electron chi connectivity index (χ2n) is 3.92. The molecule has 1 unspecified atom stereocenters. The van der Waals surface area contributed by atoms with Crippen LogP contribution in [0.4, 0.5) is 0 Å². The number of ether oxygens (including phenoxy) is 1. The predicted molar refractivity (Wildman–Crippen MR) is 53.6 cm³/mol. The second kappa shape index (κ2) is 3.24. The fraction of sp³-hybridized carbons (Fsp3) is 0.545. The number of hydrogen-bond acceptors (Lipinski definition) is 3. The van der Waals surface area contributed by atoms with E-state index in [1.165, 1.54) is 7.11 Å². The number of methoxy groups -OCH3 is 1. The van der Waals surface area contributed by atoms with Crippen LogP contribution in [-0.4, -0.2) is 23.6 Å². The zero-order chi connectivity index (χ0) is 11.1. The molecule has 0 bridgehead atoms. The Hall–Kier alpha value is -1.09. The third-order valence-corrected chi connectivity index (χ3v) is 2.55. The Bertz CT molecular complexity index is 325. The molecule has 0 aliphatic heterocycles. The van der Waals surface area contributed by atoms with Crippen LogP contribution < -0.4 is 0 Å². The lowest BCUT2D eigenvalue weighted by molar-refractivity contribution is -0.136. The Morgan fingerprint density at radius 3 is 2.36 bits per heavy atom. The molecule has 1 atom stereocenters. The molecule has 0 aromatic heterocycles. The van der Waals surface area contributed by atoms with Gasteiger partial charge in [-0.2, -0.15) is 0 Å². The highest BCUT2D eigenvalue weighted by Crippen LogP contribution is 2.43. The SMILES string of the molecule is C=C(C)C1(O)C(=O)C(C(C)C)=C1OC. The Balaban J connectivity index is 3.22. The minimum absolute atomic E-state index is 0.0667. The minimum atomic E-state index is -1.58. The standard InChI is InChI=1S/C11H16O3/c1-6(2)8-9(12)11(13,7(3)4)10(8)14-5/h6,13H,3H2,1-2,4-5H3. The molecule has 0 heterocycles. The van der Waals surface area contributed by atoms with Crippen LogP contribution in [0, 0.1) is 5.92 Å². The fourth-order valence-corrected chi connectivity index (χ4v) is 1.70. The highest BCUT2D eigenvalue weighted by Gasteiger charge is 2.55. The van der Waals surface area contributed by atoms with E-state index in [0.29, 0.717) is 16.9 Å². The minimum Gasteiger partial charge on any atom is -0.497 e. The first-order valence-corrected chi connectivity index (χ1v) is 4.59. The molecule has 14 heavy (non-hydrogen) atoms. The van der Waals surface area contributed by atoms with Crippen molar-refractivity contribution in [3.05, 3.63) is 23.5 Å². The summed E-state index contributed by atoms with van der Waals surface area (Å²) in [7, 11) is 1.46. The van der Waals surface area contributed by atoms with E-state index in [2.05, 4.69) is 6.58 Å². The van der Waals surface area contributed by atoms with Gasteiger partial charge in [-0.25, -0.2) is 0 Å². The highest BCUT2D eigenvalue weighted by molar-refractivity contribution is 6.14. The molecule has 3 heteroatoms. The summed E-state index contributed by atoms with van der Waals surface area (Å²) in [4.78, 5) is 11.7. The summed E-state index contributed by atoms with van der Waals surface area (Å²) in [5.41, 5.74) is -0.601. The Labute approximate surface area is 84.1 Å². The first-order chi connectivity index (χ1) is 6.37. The maximum Gasteiger partial charge on any atom is 0.206 e. The van der Waals surface area contributed by atoms with Gasteiger partial charge < -0.3 is 9.84 Å². The zero-order valence-corrected chi connectivity index (χ0v) is 9.05. The van der Waals surface area contributed by atoms with Crippen molar-refractivity contribution < 1.29 is 14.6 Å². The lowest BCUT2D eigenvalue weighted by atomic mass is 9.70. The van der Waals surface area contributed by atoms with Gasteiger partial charge in [-0.05, 0) is 18.4 Å². The lowest BCUT2D eigenvalue weighted by Gasteiger charge is -2.40. The second-order valence-corrected chi connectivity index (χ2v) is 3.92. The van der Waals surface area contributed by atoms with E-state index >= 15 is 0 Å². The van der Waals surface area contributed by atoms with Gasteiger partial charge in [0.15, 0.2) is 0 Å². The van der Waals surface area contributed by atoms with Crippen molar-refractivity contribution in [2.75, 3.05) is 7.11 Å². The quantitative estimate of drug-likeness (QED) is 0.695. The van der Waals surface area contributed by atoms with Gasteiger partial charge in [-0.1, -0.05) is 20.4 Å². The topological polar surface area (TPSA) is 46.5 Å². The molecule has 3 nitrogen and oxygen atoms in total. The Morgan fingerprint density at radius 1 is 1.57 bits per heavy atom. The van der Waals surface area contributed by atoms with Gasteiger partial charge in [0.2, 0.25) is 11.4 Å². The van der Waals surface area contributed by atoms with E-state index in [1.807, 2.05) is 13.8 Å². The number of ketones is 1. The highest BCUT2D eigenvalue weighted by atomic mass is 16.5. The number of carbonyl (C=O) groups is 1. The predicted octanol–water partition coefficient (Wildman–Crippen LogP) is 1.43. The first-order valence-electron chi connectivity index (χ1n) is 4.59. The maximum atomic E-state index is 11.7. The molecular weight excluding hydrogens is 180 g/mol. The third-order valence-electron chi connectivity index (χ3n) is 2.55. The van der Waals surface area contributed by atoms with E-state index in [-0.39, 0.29) is 11.7 Å². The van der Waals surface area contributed by atoms with Crippen molar-refractivity contribution in [2.45, 2.75) is 26.4 Å². The molecule has 0 saturated carbocycles. The van der Waals surface area contributed by atoms with Crippen LogP contribution in [0.25, 0.3) is 0 Å². The average Bonchev–Trinajstić information content (AvgIpc) is 2.10. The number of hydrogen-bond donors (Lipinski definition) is 1. The number of rotatable bonds is 3. The van der Waals surface area contributed by atoms with E-state index in [9.17, 15) is 9.90 Å². The van der Waals surface area contributed by atoms with Crippen molar-refractivity contribution >= 4 is 5.78 Å². The number of aliphatic hydroxyl groups is 1. The Morgan fingerprint density at radius 2 is 2.07 bits per heavy atom. The van der Waals surface area contributed by atoms with E-state index < -0.39 is 5.60 Å². The summed E-state index contributed by atoms with van der Waals surface area (Å²) in [6.07, 6.45) is 0. The molecule has 0 fully saturated rings. The van der Waals surface area contributed by atoms with Crippen molar-refractivity contribution in [1.82, 2.24) is 0 Å². The molecule has 1 rings (SSSR count). The summed E-state index contributed by atoms with van der Waals surface area (Å²) < 4.78 is 5.06. The fourth-order valence-electron chi connectivity index (χ4n) is 1.70. The Kier molecular flexibility index (Phi) is 2.54. The molecule has 1 aliphatic rings. The van der Waals surface area contributed by atoms with Gasteiger partial charge >= 0.3 is 0 Å². The zero-order valence-electron chi connectivity index (χ0n) is 9.05. The molecule has 0 amide bonds. The molecule has 78 valence electrons. The van der Waals surface area contributed by atoms with E-state index in [4.69, 9.17) is 4.74 Å².